The minimum atomic E-state index is 0.593. The standard InChI is InChI=1S/C16H19ClO/c17-12-4-3-5-14-8-10-16(11-9-14)18-13-15-6-1-2-7-15/h8-11,15H,1-2,4,6-7,12-13H2. The van der Waals surface area contributed by atoms with E-state index in [0.717, 1.165) is 30.3 Å². The van der Waals surface area contributed by atoms with Gasteiger partial charge in [-0.25, -0.2) is 0 Å². The van der Waals surface area contributed by atoms with Crippen LogP contribution in [0.2, 0.25) is 0 Å². The summed E-state index contributed by atoms with van der Waals surface area (Å²) in [7, 11) is 0. The molecule has 0 heterocycles. The van der Waals surface area contributed by atoms with Crippen molar-refractivity contribution in [1.29, 1.82) is 0 Å². The van der Waals surface area contributed by atoms with Crippen molar-refractivity contribution in [3.05, 3.63) is 29.8 Å². The van der Waals surface area contributed by atoms with Crippen LogP contribution in [0.4, 0.5) is 0 Å². The summed E-state index contributed by atoms with van der Waals surface area (Å²) < 4.78 is 5.80. The van der Waals surface area contributed by atoms with Crippen molar-refractivity contribution in [2.75, 3.05) is 12.5 Å². The third kappa shape index (κ3) is 4.27. The maximum atomic E-state index is 5.80. The molecule has 0 aromatic heterocycles. The number of alkyl halides is 1. The van der Waals surface area contributed by atoms with Crippen molar-refractivity contribution in [2.24, 2.45) is 5.92 Å². The molecule has 1 nitrogen and oxygen atoms in total. The number of ether oxygens (including phenoxy) is 1. The largest absolute Gasteiger partial charge is 0.493 e. The van der Waals surface area contributed by atoms with Gasteiger partial charge in [-0.3, -0.25) is 0 Å². The molecule has 96 valence electrons. The van der Waals surface area contributed by atoms with Crippen LogP contribution in [0.25, 0.3) is 0 Å². The van der Waals surface area contributed by atoms with Crippen LogP contribution in [-0.4, -0.2) is 12.5 Å². The Morgan fingerprint density at radius 3 is 2.56 bits per heavy atom. The van der Waals surface area contributed by atoms with Crippen LogP contribution in [0.1, 0.15) is 37.7 Å². The van der Waals surface area contributed by atoms with Gasteiger partial charge >= 0.3 is 0 Å². The van der Waals surface area contributed by atoms with Gasteiger partial charge in [-0.15, -0.1) is 11.6 Å². The molecule has 0 spiro atoms. The summed E-state index contributed by atoms with van der Waals surface area (Å²) in [4.78, 5) is 0. The highest BCUT2D eigenvalue weighted by molar-refractivity contribution is 6.18. The molecule has 0 atom stereocenters. The smallest absolute Gasteiger partial charge is 0.119 e. The fourth-order valence-electron chi connectivity index (χ4n) is 2.24. The topological polar surface area (TPSA) is 9.23 Å². The third-order valence-electron chi connectivity index (χ3n) is 3.27. The highest BCUT2D eigenvalue weighted by Crippen LogP contribution is 2.25. The van der Waals surface area contributed by atoms with Gasteiger partial charge in [-0.2, -0.15) is 0 Å². The second-order valence-corrected chi connectivity index (χ2v) is 5.10. The monoisotopic (exact) mass is 262 g/mol. The molecule has 0 aliphatic heterocycles. The summed E-state index contributed by atoms with van der Waals surface area (Å²) in [5.41, 5.74) is 1.02. The zero-order valence-corrected chi connectivity index (χ0v) is 11.4. The van der Waals surface area contributed by atoms with Crippen LogP contribution < -0.4 is 4.74 Å². The summed E-state index contributed by atoms with van der Waals surface area (Å²) >= 11 is 5.57. The lowest BCUT2D eigenvalue weighted by atomic mass is 10.1. The van der Waals surface area contributed by atoms with Crippen molar-refractivity contribution in [2.45, 2.75) is 32.1 Å². The van der Waals surface area contributed by atoms with E-state index in [4.69, 9.17) is 16.3 Å². The zero-order valence-electron chi connectivity index (χ0n) is 10.6. The van der Waals surface area contributed by atoms with E-state index in [1.165, 1.54) is 25.7 Å². The minimum absolute atomic E-state index is 0.593. The van der Waals surface area contributed by atoms with Gasteiger partial charge in [0.2, 0.25) is 0 Å². The number of hydrogen-bond acceptors (Lipinski definition) is 1. The van der Waals surface area contributed by atoms with Gasteiger partial charge in [0.25, 0.3) is 0 Å². The lowest BCUT2D eigenvalue weighted by Gasteiger charge is -2.11. The summed E-state index contributed by atoms with van der Waals surface area (Å²) in [5, 5.41) is 0. The van der Waals surface area contributed by atoms with Crippen LogP contribution in [0.15, 0.2) is 24.3 Å². The molecule has 0 radical (unpaired) electrons. The van der Waals surface area contributed by atoms with Crippen LogP contribution in [0.5, 0.6) is 5.75 Å². The first kappa shape index (κ1) is 13.3. The molecule has 1 fully saturated rings. The lowest BCUT2D eigenvalue weighted by molar-refractivity contribution is 0.252. The zero-order chi connectivity index (χ0) is 12.6. The molecule has 1 aromatic carbocycles. The molecule has 1 aromatic rings. The predicted molar refractivity (Wildman–Crippen MR) is 76.1 cm³/mol. The van der Waals surface area contributed by atoms with Gasteiger partial charge in [-0.05, 0) is 43.0 Å². The Labute approximate surface area is 114 Å². The minimum Gasteiger partial charge on any atom is -0.493 e. The summed E-state index contributed by atoms with van der Waals surface area (Å²) in [6.07, 6.45) is 6.11. The van der Waals surface area contributed by atoms with Crippen LogP contribution in [0.3, 0.4) is 0 Å². The van der Waals surface area contributed by atoms with Crippen LogP contribution in [-0.2, 0) is 0 Å². The van der Waals surface area contributed by atoms with E-state index in [0.29, 0.717) is 5.88 Å². The fraction of sp³-hybridized carbons (Fsp3) is 0.500. The van der Waals surface area contributed by atoms with E-state index in [2.05, 4.69) is 11.8 Å². The Morgan fingerprint density at radius 1 is 1.17 bits per heavy atom. The van der Waals surface area contributed by atoms with E-state index in [9.17, 15) is 0 Å². The lowest BCUT2D eigenvalue weighted by Crippen LogP contribution is -2.07. The Balaban J connectivity index is 1.81. The molecule has 0 bridgehead atoms. The maximum Gasteiger partial charge on any atom is 0.119 e. The fourth-order valence-corrected chi connectivity index (χ4v) is 2.33. The Morgan fingerprint density at radius 2 is 1.89 bits per heavy atom. The second-order valence-electron chi connectivity index (χ2n) is 4.73. The van der Waals surface area contributed by atoms with Crippen LogP contribution >= 0.6 is 11.6 Å². The highest BCUT2D eigenvalue weighted by atomic mass is 35.5. The Bertz CT molecular complexity index is 407. The molecule has 1 aliphatic carbocycles. The molecular formula is C16H19ClO. The molecule has 2 rings (SSSR count). The maximum absolute atomic E-state index is 5.80. The van der Waals surface area contributed by atoms with Gasteiger partial charge in [0.1, 0.15) is 5.75 Å². The first-order valence-corrected chi connectivity index (χ1v) is 7.19. The molecule has 1 aliphatic rings. The number of hydrogen-bond donors (Lipinski definition) is 0. The molecule has 0 N–H and O–H groups in total. The van der Waals surface area contributed by atoms with E-state index < -0.39 is 0 Å². The molecule has 1 saturated carbocycles. The molecule has 0 saturated heterocycles. The SMILES string of the molecule is ClCCC#Cc1ccc(OCC2CCCC2)cc1. The van der Waals surface area contributed by atoms with Gasteiger partial charge in [0, 0.05) is 17.9 Å². The van der Waals surface area contributed by atoms with Crippen molar-refractivity contribution < 1.29 is 4.74 Å². The number of benzene rings is 1. The summed E-state index contributed by atoms with van der Waals surface area (Å²) in [6, 6.07) is 8.01. The second kappa shape index (κ2) is 7.34. The third-order valence-corrected chi connectivity index (χ3v) is 3.46. The van der Waals surface area contributed by atoms with Crippen molar-refractivity contribution in [3.63, 3.8) is 0 Å². The van der Waals surface area contributed by atoms with Crippen molar-refractivity contribution in [3.8, 4) is 17.6 Å². The van der Waals surface area contributed by atoms with E-state index in [1.54, 1.807) is 0 Å². The average molecular weight is 263 g/mol. The van der Waals surface area contributed by atoms with E-state index in [-0.39, 0.29) is 0 Å². The predicted octanol–water partition coefficient (Wildman–Crippen LogP) is 4.24. The Kier molecular flexibility index (Phi) is 5.42. The van der Waals surface area contributed by atoms with E-state index in [1.807, 2.05) is 24.3 Å². The highest BCUT2D eigenvalue weighted by Gasteiger charge is 2.15. The van der Waals surface area contributed by atoms with E-state index >= 15 is 0 Å². The van der Waals surface area contributed by atoms with Gasteiger partial charge in [-0.1, -0.05) is 24.7 Å². The first-order valence-electron chi connectivity index (χ1n) is 6.66. The van der Waals surface area contributed by atoms with Gasteiger partial charge in [0.15, 0.2) is 0 Å². The molecule has 0 unspecified atom stereocenters. The Hall–Kier alpha value is -1.13. The normalized spacial score (nSPS) is 15.2. The van der Waals surface area contributed by atoms with Crippen molar-refractivity contribution >= 4 is 11.6 Å². The van der Waals surface area contributed by atoms with Gasteiger partial charge < -0.3 is 4.74 Å². The number of halogens is 1. The molecule has 2 heteroatoms. The molecule has 0 amide bonds. The van der Waals surface area contributed by atoms with Gasteiger partial charge in [0.05, 0.1) is 6.61 Å². The summed E-state index contributed by atoms with van der Waals surface area (Å²) in [5.74, 6) is 8.40. The quantitative estimate of drug-likeness (QED) is 0.583. The summed E-state index contributed by atoms with van der Waals surface area (Å²) in [6.45, 7) is 0.858. The van der Waals surface area contributed by atoms with Crippen molar-refractivity contribution in [1.82, 2.24) is 0 Å². The average Bonchev–Trinajstić information content (AvgIpc) is 2.91. The molecule has 18 heavy (non-hydrogen) atoms. The van der Waals surface area contributed by atoms with Crippen LogP contribution in [0, 0.1) is 17.8 Å². The first-order chi connectivity index (χ1) is 8.88. The number of rotatable bonds is 4. The molecular weight excluding hydrogens is 244 g/mol.